The Morgan fingerprint density at radius 3 is 2.75 bits per heavy atom. The summed E-state index contributed by atoms with van der Waals surface area (Å²) in [6, 6.07) is 7.23. The average Bonchev–Trinajstić information content (AvgIpc) is 3.30. The maximum atomic E-state index is 11.5. The summed E-state index contributed by atoms with van der Waals surface area (Å²) in [6.45, 7) is 4.92. The minimum absolute atomic E-state index is 0.112. The van der Waals surface area contributed by atoms with Crippen molar-refractivity contribution in [1.29, 1.82) is 0 Å². The first kappa shape index (κ1) is 22.1. The number of fused-ring (bicyclic) bond motifs is 1. The summed E-state index contributed by atoms with van der Waals surface area (Å²) >= 11 is 0. The van der Waals surface area contributed by atoms with Crippen molar-refractivity contribution in [3.63, 3.8) is 0 Å². The monoisotopic (exact) mass is 441 g/mol. The van der Waals surface area contributed by atoms with E-state index >= 15 is 0 Å². The number of primary amides is 1. The first-order valence-electron chi connectivity index (χ1n) is 10.3. The maximum absolute atomic E-state index is 11.5. The molecule has 0 saturated carbocycles. The van der Waals surface area contributed by atoms with Crippen molar-refractivity contribution >= 4 is 22.9 Å². The summed E-state index contributed by atoms with van der Waals surface area (Å²) in [6.07, 6.45) is -1.05. The molecule has 4 atom stereocenters. The van der Waals surface area contributed by atoms with Gasteiger partial charge in [-0.15, -0.1) is 0 Å². The van der Waals surface area contributed by atoms with E-state index in [1.165, 1.54) is 12.7 Å². The van der Waals surface area contributed by atoms with E-state index in [-0.39, 0.29) is 11.9 Å². The zero-order valence-corrected chi connectivity index (χ0v) is 17.9. The van der Waals surface area contributed by atoms with Crippen molar-refractivity contribution in [1.82, 2.24) is 24.4 Å². The number of carbonyl (C=O) groups excluding carboxylic acids is 1. The van der Waals surface area contributed by atoms with E-state index < -0.39 is 30.4 Å². The predicted octanol–water partition coefficient (Wildman–Crippen LogP) is 0.0372. The Morgan fingerprint density at radius 2 is 2.03 bits per heavy atom. The van der Waals surface area contributed by atoms with E-state index in [4.69, 9.17) is 16.2 Å². The highest BCUT2D eigenvalue weighted by atomic mass is 16.6. The van der Waals surface area contributed by atoms with Gasteiger partial charge in [-0.1, -0.05) is 12.1 Å². The van der Waals surface area contributed by atoms with Crippen LogP contribution in [0.1, 0.15) is 36.0 Å². The van der Waals surface area contributed by atoms with E-state index in [2.05, 4.69) is 19.9 Å². The second-order valence-electron chi connectivity index (χ2n) is 8.22. The molecule has 170 valence electrons. The smallest absolute Gasteiger partial charge is 0.248 e. The van der Waals surface area contributed by atoms with Crippen LogP contribution in [0, 0.1) is 0 Å². The normalized spacial score (nSPS) is 23.4. The van der Waals surface area contributed by atoms with Gasteiger partial charge in [0, 0.05) is 24.7 Å². The number of aliphatic hydroxyl groups is 2. The van der Waals surface area contributed by atoms with Gasteiger partial charge in [0.2, 0.25) is 5.91 Å². The van der Waals surface area contributed by atoms with Gasteiger partial charge < -0.3 is 26.4 Å². The molecular weight excluding hydrogens is 414 g/mol. The summed E-state index contributed by atoms with van der Waals surface area (Å²) in [7, 11) is 0. The first-order valence-corrected chi connectivity index (χ1v) is 10.3. The molecule has 0 aliphatic carbocycles. The summed E-state index contributed by atoms with van der Waals surface area (Å²) in [4.78, 5) is 25.9. The number of nitrogens with zero attached hydrogens (tertiary/aromatic N) is 5. The van der Waals surface area contributed by atoms with Crippen LogP contribution in [0.15, 0.2) is 36.9 Å². The van der Waals surface area contributed by atoms with Gasteiger partial charge in [0.05, 0.1) is 6.33 Å². The number of benzene rings is 1. The molecule has 0 unspecified atom stereocenters. The predicted molar refractivity (Wildman–Crippen MR) is 116 cm³/mol. The topological polar surface area (TPSA) is 166 Å². The highest BCUT2D eigenvalue weighted by molar-refractivity contribution is 5.92. The maximum Gasteiger partial charge on any atom is 0.248 e. The molecule has 32 heavy (non-hydrogen) atoms. The minimum Gasteiger partial charge on any atom is -0.387 e. The van der Waals surface area contributed by atoms with Crippen LogP contribution in [0.25, 0.3) is 11.2 Å². The van der Waals surface area contributed by atoms with Crippen molar-refractivity contribution in [3.05, 3.63) is 48.0 Å². The van der Waals surface area contributed by atoms with Gasteiger partial charge in [-0.2, -0.15) is 0 Å². The summed E-state index contributed by atoms with van der Waals surface area (Å²) in [5.41, 5.74) is 13.4. The molecule has 1 aromatic carbocycles. The Bertz CT molecular complexity index is 1120. The van der Waals surface area contributed by atoms with Crippen molar-refractivity contribution in [3.8, 4) is 0 Å². The molecule has 1 aliphatic heterocycles. The van der Waals surface area contributed by atoms with Crippen LogP contribution in [0.5, 0.6) is 0 Å². The molecule has 1 amide bonds. The van der Waals surface area contributed by atoms with E-state index in [0.29, 0.717) is 29.8 Å². The third-order valence-electron chi connectivity index (χ3n) is 5.74. The number of imidazole rings is 1. The zero-order valence-electron chi connectivity index (χ0n) is 17.9. The molecule has 6 N–H and O–H groups in total. The second-order valence-corrected chi connectivity index (χ2v) is 8.22. The lowest BCUT2D eigenvalue weighted by molar-refractivity contribution is -0.0477. The third kappa shape index (κ3) is 4.15. The molecule has 3 aromatic rings. The molecule has 11 nitrogen and oxygen atoms in total. The molecule has 11 heteroatoms. The lowest BCUT2D eigenvalue weighted by atomic mass is 10.1. The Balaban J connectivity index is 1.53. The van der Waals surface area contributed by atoms with Crippen LogP contribution in [-0.2, 0) is 11.3 Å². The number of ether oxygens (including phenoxy) is 1. The van der Waals surface area contributed by atoms with Crippen LogP contribution >= 0.6 is 0 Å². The fourth-order valence-electron chi connectivity index (χ4n) is 3.91. The Labute approximate surface area is 184 Å². The van der Waals surface area contributed by atoms with E-state index in [1.54, 1.807) is 22.8 Å². The average molecular weight is 441 g/mol. The van der Waals surface area contributed by atoms with Crippen molar-refractivity contribution in [2.45, 2.75) is 51.0 Å². The number of nitrogens with two attached hydrogens (primary N) is 2. The lowest BCUT2D eigenvalue weighted by Crippen LogP contribution is -2.42. The number of aromatic nitrogens is 4. The molecule has 1 aliphatic rings. The molecule has 0 bridgehead atoms. The summed E-state index contributed by atoms with van der Waals surface area (Å²) in [5, 5.41) is 21.4. The SMILES string of the molecule is CC(C)N(Cc1cccc(C(N)=O)c1)C[C@H]1O[C@@H](n2cnc3c(N)ncnc32)[C@H](O)[C@@H]1O. The van der Waals surface area contributed by atoms with Crippen LogP contribution in [0.4, 0.5) is 5.82 Å². The summed E-state index contributed by atoms with van der Waals surface area (Å²) in [5.74, 6) is -0.261. The quantitative estimate of drug-likeness (QED) is 0.396. The van der Waals surface area contributed by atoms with Crippen LogP contribution < -0.4 is 11.5 Å². The van der Waals surface area contributed by atoms with Crippen molar-refractivity contribution in [2.24, 2.45) is 5.73 Å². The van der Waals surface area contributed by atoms with Gasteiger partial charge in [-0.25, -0.2) is 15.0 Å². The number of hydrogen-bond donors (Lipinski definition) is 4. The van der Waals surface area contributed by atoms with Gasteiger partial charge in [-0.3, -0.25) is 14.3 Å². The second kappa shape index (κ2) is 8.79. The van der Waals surface area contributed by atoms with Crippen LogP contribution in [0.2, 0.25) is 0 Å². The number of nitrogen functional groups attached to an aromatic ring is 1. The molecule has 2 aromatic heterocycles. The number of hydrogen-bond acceptors (Lipinski definition) is 9. The number of amides is 1. The number of aliphatic hydroxyl groups excluding tert-OH is 2. The molecule has 3 heterocycles. The lowest BCUT2D eigenvalue weighted by Gasteiger charge is -2.30. The molecule has 4 rings (SSSR count). The van der Waals surface area contributed by atoms with Gasteiger partial charge >= 0.3 is 0 Å². The summed E-state index contributed by atoms with van der Waals surface area (Å²) < 4.78 is 7.62. The number of rotatable bonds is 7. The Kier molecular flexibility index (Phi) is 6.07. The van der Waals surface area contributed by atoms with Gasteiger partial charge in [-0.05, 0) is 31.5 Å². The van der Waals surface area contributed by atoms with Crippen molar-refractivity contribution in [2.75, 3.05) is 12.3 Å². The number of carbonyl (C=O) groups is 1. The fourth-order valence-corrected chi connectivity index (χ4v) is 3.91. The van der Waals surface area contributed by atoms with Crippen LogP contribution in [0.3, 0.4) is 0 Å². The number of anilines is 1. The van der Waals surface area contributed by atoms with Gasteiger partial charge in [0.25, 0.3) is 0 Å². The van der Waals surface area contributed by atoms with Gasteiger partial charge in [0.15, 0.2) is 17.7 Å². The molecule has 0 spiro atoms. The third-order valence-corrected chi connectivity index (χ3v) is 5.74. The van der Waals surface area contributed by atoms with E-state index in [0.717, 1.165) is 5.56 Å². The van der Waals surface area contributed by atoms with E-state index in [1.807, 2.05) is 19.9 Å². The van der Waals surface area contributed by atoms with Crippen molar-refractivity contribution < 1.29 is 19.7 Å². The Morgan fingerprint density at radius 1 is 1.25 bits per heavy atom. The minimum atomic E-state index is -1.18. The molecule has 1 saturated heterocycles. The van der Waals surface area contributed by atoms with Crippen LogP contribution in [-0.4, -0.2) is 71.4 Å². The highest BCUT2D eigenvalue weighted by Crippen LogP contribution is 2.32. The zero-order chi connectivity index (χ0) is 23.0. The largest absolute Gasteiger partial charge is 0.387 e. The fraction of sp³-hybridized carbons (Fsp3) is 0.429. The van der Waals surface area contributed by atoms with E-state index in [9.17, 15) is 15.0 Å². The first-order chi connectivity index (χ1) is 15.3. The highest BCUT2D eigenvalue weighted by Gasteiger charge is 2.45. The molecular formula is C21H27N7O4. The standard InChI is InChI=1S/C21H27N7O4/c1-11(2)27(7-12-4-3-5-13(6-12)19(23)31)8-14-16(29)17(30)21(32-14)28-10-26-15-18(22)24-9-25-20(15)28/h3-6,9-11,14,16-17,21,29-30H,7-8H2,1-2H3,(H2,23,31)(H2,22,24,25)/t14-,16-,17-,21-/m1/s1. The molecule has 1 fully saturated rings. The van der Waals surface area contributed by atoms with Gasteiger partial charge in [0.1, 0.15) is 30.2 Å². The molecule has 0 radical (unpaired) electrons. The Hall–Kier alpha value is -3.12.